The van der Waals surface area contributed by atoms with Crippen molar-refractivity contribution in [3.05, 3.63) is 35.6 Å². The van der Waals surface area contributed by atoms with Crippen LogP contribution in [0.2, 0.25) is 0 Å². The third-order valence-corrected chi connectivity index (χ3v) is 7.48. The van der Waals surface area contributed by atoms with Gasteiger partial charge < -0.3 is 9.73 Å². The number of para-hydroxylation sites is 1. The Bertz CT molecular complexity index is 874. The van der Waals surface area contributed by atoms with Gasteiger partial charge in [-0.3, -0.25) is 14.6 Å². The van der Waals surface area contributed by atoms with Gasteiger partial charge in [0.05, 0.1) is 5.56 Å². The number of aryl methyl sites for hydroxylation is 1. The van der Waals surface area contributed by atoms with E-state index >= 15 is 0 Å². The summed E-state index contributed by atoms with van der Waals surface area (Å²) in [6, 6.07) is 8.55. The van der Waals surface area contributed by atoms with E-state index in [1.54, 1.807) is 0 Å². The smallest absolute Gasteiger partial charge is 0.255 e. The van der Waals surface area contributed by atoms with E-state index in [0.717, 1.165) is 74.3 Å². The van der Waals surface area contributed by atoms with Crippen LogP contribution in [0.5, 0.6) is 0 Å². The molecule has 1 amide bonds. The third-order valence-electron chi connectivity index (χ3n) is 7.48. The van der Waals surface area contributed by atoms with Gasteiger partial charge in [-0.25, -0.2) is 0 Å². The summed E-state index contributed by atoms with van der Waals surface area (Å²) in [5.74, 6) is 0.870. The number of amides is 1. The Morgan fingerprint density at radius 2 is 1.84 bits per heavy atom. The Morgan fingerprint density at radius 1 is 1.13 bits per heavy atom. The molecule has 1 aromatic heterocycles. The topological polar surface area (TPSA) is 48.7 Å². The van der Waals surface area contributed by atoms with Crippen molar-refractivity contribution in [1.29, 1.82) is 0 Å². The predicted octanol–water partition coefficient (Wildman–Crippen LogP) is 4.84. The highest BCUT2D eigenvalue weighted by Gasteiger charge is 2.41. The molecule has 170 valence electrons. The van der Waals surface area contributed by atoms with Crippen molar-refractivity contribution in [2.24, 2.45) is 0 Å². The highest BCUT2D eigenvalue weighted by Crippen LogP contribution is 2.36. The molecule has 2 heterocycles. The van der Waals surface area contributed by atoms with Crippen molar-refractivity contribution in [3.63, 3.8) is 0 Å². The molecule has 0 atom stereocenters. The van der Waals surface area contributed by atoms with Gasteiger partial charge in [-0.1, -0.05) is 44.4 Å². The van der Waals surface area contributed by atoms with Gasteiger partial charge in [-0.05, 0) is 39.2 Å². The van der Waals surface area contributed by atoms with Gasteiger partial charge in [-0.2, -0.15) is 0 Å². The molecule has 1 aliphatic heterocycles. The minimum absolute atomic E-state index is 0.0307. The highest BCUT2D eigenvalue weighted by molar-refractivity contribution is 6.07. The number of nitrogens with zero attached hydrogens (tertiary/aromatic N) is 2. The lowest BCUT2D eigenvalue weighted by atomic mass is 9.93. The van der Waals surface area contributed by atoms with Gasteiger partial charge in [0.1, 0.15) is 11.3 Å². The van der Waals surface area contributed by atoms with E-state index in [-0.39, 0.29) is 11.4 Å². The monoisotopic (exact) mass is 425 g/mol. The number of benzene rings is 1. The normalized spacial score (nSPS) is 20.0. The average Bonchev–Trinajstić information content (AvgIpc) is 3.41. The van der Waals surface area contributed by atoms with Gasteiger partial charge in [0.25, 0.3) is 5.91 Å². The Balaban J connectivity index is 1.49. The quantitative estimate of drug-likeness (QED) is 0.657. The van der Waals surface area contributed by atoms with E-state index in [2.05, 4.69) is 35.9 Å². The van der Waals surface area contributed by atoms with E-state index in [4.69, 9.17) is 4.42 Å². The van der Waals surface area contributed by atoms with Crippen molar-refractivity contribution >= 4 is 16.9 Å². The van der Waals surface area contributed by atoms with Gasteiger partial charge >= 0.3 is 0 Å². The zero-order valence-corrected chi connectivity index (χ0v) is 19.6. The first-order valence-electron chi connectivity index (χ1n) is 12.3. The molecule has 0 spiro atoms. The van der Waals surface area contributed by atoms with E-state index in [0.29, 0.717) is 6.04 Å². The minimum atomic E-state index is 0.0307. The second kappa shape index (κ2) is 9.74. The number of rotatable bonds is 8. The maximum atomic E-state index is 13.4. The van der Waals surface area contributed by atoms with Crippen molar-refractivity contribution in [2.45, 2.75) is 77.3 Å². The first-order valence-corrected chi connectivity index (χ1v) is 12.3. The maximum Gasteiger partial charge on any atom is 0.255 e. The SMILES string of the molecule is CCCCc1oc2ccccc2c1C(=O)NCC1(N2CCN(C(C)C)CC2)CCCC1. The minimum Gasteiger partial charge on any atom is -0.460 e. The molecule has 0 radical (unpaired) electrons. The first kappa shape index (κ1) is 22.3. The zero-order valence-electron chi connectivity index (χ0n) is 19.6. The van der Waals surface area contributed by atoms with Crippen LogP contribution < -0.4 is 5.32 Å². The summed E-state index contributed by atoms with van der Waals surface area (Å²) in [5.41, 5.74) is 1.68. The number of unbranched alkanes of at least 4 members (excludes halogenated alkanes) is 1. The third kappa shape index (κ3) is 4.68. The van der Waals surface area contributed by atoms with Gasteiger partial charge in [-0.15, -0.1) is 0 Å². The lowest BCUT2D eigenvalue weighted by Gasteiger charge is -2.47. The fourth-order valence-corrected chi connectivity index (χ4v) is 5.54. The van der Waals surface area contributed by atoms with Crippen molar-refractivity contribution in [1.82, 2.24) is 15.1 Å². The number of fused-ring (bicyclic) bond motifs is 1. The van der Waals surface area contributed by atoms with Crippen LogP contribution >= 0.6 is 0 Å². The standard InChI is InChI=1S/C26H39N3O2/c1-4-5-11-23-24(21-10-6-7-12-22(21)31-23)25(30)27-19-26(13-8-9-14-26)29-17-15-28(16-18-29)20(2)3/h6-7,10,12,20H,4-5,8-9,11,13-19H2,1-3H3,(H,27,30). The fourth-order valence-electron chi connectivity index (χ4n) is 5.54. The molecule has 0 unspecified atom stereocenters. The van der Waals surface area contributed by atoms with Gasteiger partial charge in [0.15, 0.2) is 0 Å². The maximum absolute atomic E-state index is 13.4. The average molecular weight is 426 g/mol. The summed E-state index contributed by atoms with van der Waals surface area (Å²) < 4.78 is 6.09. The molecule has 31 heavy (non-hydrogen) atoms. The molecule has 5 nitrogen and oxygen atoms in total. The van der Waals surface area contributed by atoms with Crippen LogP contribution in [0.25, 0.3) is 11.0 Å². The largest absolute Gasteiger partial charge is 0.460 e. The molecular formula is C26H39N3O2. The van der Waals surface area contributed by atoms with Crippen molar-refractivity contribution in [3.8, 4) is 0 Å². The fraction of sp³-hybridized carbons (Fsp3) is 0.654. The van der Waals surface area contributed by atoms with Crippen LogP contribution in [-0.4, -0.2) is 60.0 Å². The summed E-state index contributed by atoms with van der Waals surface area (Å²) in [6.45, 7) is 11.9. The van der Waals surface area contributed by atoms with Gasteiger partial charge in [0, 0.05) is 56.1 Å². The Morgan fingerprint density at radius 3 is 2.52 bits per heavy atom. The molecule has 0 bridgehead atoms. The van der Waals surface area contributed by atoms with E-state index in [9.17, 15) is 4.79 Å². The summed E-state index contributed by atoms with van der Waals surface area (Å²) in [4.78, 5) is 18.7. The lowest BCUT2D eigenvalue weighted by molar-refractivity contribution is 0.0243. The number of carbonyl (C=O) groups excluding carboxylic acids is 1. The van der Waals surface area contributed by atoms with E-state index < -0.39 is 0 Å². The van der Waals surface area contributed by atoms with Crippen LogP contribution in [0.4, 0.5) is 0 Å². The molecule has 2 aromatic rings. The van der Waals surface area contributed by atoms with E-state index in [1.807, 2.05) is 24.3 Å². The molecule has 5 heteroatoms. The molecule has 2 aliphatic rings. The number of hydrogen-bond acceptors (Lipinski definition) is 4. The Labute approximate surface area is 187 Å². The second-order valence-corrected chi connectivity index (χ2v) is 9.73. The molecular weight excluding hydrogens is 386 g/mol. The van der Waals surface area contributed by atoms with Crippen LogP contribution in [0.1, 0.15) is 75.4 Å². The number of furan rings is 1. The number of hydrogen-bond donors (Lipinski definition) is 1. The van der Waals surface area contributed by atoms with Crippen LogP contribution in [0.15, 0.2) is 28.7 Å². The molecule has 1 aliphatic carbocycles. The van der Waals surface area contributed by atoms with E-state index in [1.165, 1.54) is 25.7 Å². The molecule has 1 saturated heterocycles. The van der Waals surface area contributed by atoms with Crippen molar-refractivity contribution < 1.29 is 9.21 Å². The zero-order chi connectivity index (χ0) is 21.8. The van der Waals surface area contributed by atoms with Crippen molar-refractivity contribution in [2.75, 3.05) is 32.7 Å². The molecule has 1 saturated carbocycles. The molecule has 1 N–H and O–H groups in total. The summed E-state index contributed by atoms with van der Waals surface area (Å²) >= 11 is 0. The van der Waals surface area contributed by atoms with Gasteiger partial charge in [0.2, 0.25) is 0 Å². The summed E-state index contributed by atoms with van der Waals surface area (Å²) in [7, 11) is 0. The molecule has 4 rings (SSSR count). The predicted molar refractivity (Wildman–Crippen MR) is 127 cm³/mol. The molecule has 2 fully saturated rings. The Kier molecular flexibility index (Phi) is 7.02. The highest BCUT2D eigenvalue weighted by atomic mass is 16.3. The number of piperazine rings is 1. The molecule has 1 aromatic carbocycles. The second-order valence-electron chi connectivity index (χ2n) is 9.73. The lowest BCUT2D eigenvalue weighted by Crippen LogP contribution is -2.60. The van der Waals surface area contributed by atoms with Crippen LogP contribution in [0, 0.1) is 0 Å². The summed E-state index contributed by atoms with van der Waals surface area (Å²) in [6.07, 6.45) is 7.82. The Hall–Kier alpha value is -1.85. The number of carbonyl (C=O) groups is 1. The summed E-state index contributed by atoms with van der Waals surface area (Å²) in [5, 5.41) is 4.30. The van der Waals surface area contributed by atoms with Crippen LogP contribution in [0.3, 0.4) is 0 Å². The first-order chi connectivity index (χ1) is 15.0. The van der Waals surface area contributed by atoms with Crippen LogP contribution in [-0.2, 0) is 6.42 Å². The number of nitrogens with one attached hydrogen (secondary N) is 1.